The maximum atomic E-state index is 12.8. The number of carbonyl (C=O) groups is 2. The summed E-state index contributed by atoms with van der Waals surface area (Å²) in [4.78, 5) is 38.6. The molecule has 1 fully saturated rings. The molecule has 1 aromatic carbocycles. The van der Waals surface area contributed by atoms with E-state index >= 15 is 0 Å². The molecule has 1 saturated heterocycles. The molecule has 0 radical (unpaired) electrons. The van der Waals surface area contributed by atoms with Gasteiger partial charge in [-0.25, -0.2) is 9.97 Å². The number of ether oxygens (including phenoxy) is 1. The van der Waals surface area contributed by atoms with Gasteiger partial charge in [-0.1, -0.05) is 26.0 Å². The van der Waals surface area contributed by atoms with Crippen molar-refractivity contribution in [3.05, 3.63) is 46.9 Å². The number of hydrogen-bond donors (Lipinski definition) is 0. The quantitative estimate of drug-likeness (QED) is 0.759. The SMILES string of the molecule is COc1ccc(CN2C(=O)Cc3c(C)nc([C@@H]4CCCN4C(=O)C(C)C)nc32)cc1. The molecule has 0 aliphatic carbocycles. The van der Waals surface area contributed by atoms with Crippen LogP contribution in [0.1, 0.15) is 55.4 Å². The van der Waals surface area contributed by atoms with Gasteiger partial charge in [0.05, 0.1) is 26.1 Å². The summed E-state index contributed by atoms with van der Waals surface area (Å²) >= 11 is 0. The predicted octanol–water partition coefficient (Wildman–Crippen LogP) is 3.20. The van der Waals surface area contributed by atoms with Gasteiger partial charge >= 0.3 is 0 Å². The van der Waals surface area contributed by atoms with Crippen LogP contribution in [-0.2, 0) is 22.6 Å². The van der Waals surface area contributed by atoms with Crippen molar-refractivity contribution in [3.63, 3.8) is 0 Å². The number of amides is 2. The molecule has 4 rings (SSSR count). The third kappa shape index (κ3) is 3.64. The van der Waals surface area contributed by atoms with Gasteiger partial charge in [-0.05, 0) is 37.5 Å². The van der Waals surface area contributed by atoms with Crippen molar-refractivity contribution in [2.45, 2.75) is 52.6 Å². The first-order valence-corrected chi connectivity index (χ1v) is 10.5. The number of rotatable bonds is 5. The van der Waals surface area contributed by atoms with Gasteiger partial charge in [0.15, 0.2) is 5.82 Å². The first-order valence-electron chi connectivity index (χ1n) is 10.5. The lowest BCUT2D eigenvalue weighted by Crippen LogP contribution is -2.35. The first-order chi connectivity index (χ1) is 14.4. The normalized spacial score (nSPS) is 18.3. The van der Waals surface area contributed by atoms with Gasteiger partial charge in [-0.3, -0.25) is 14.5 Å². The van der Waals surface area contributed by atoms with E-state index < -0.39 is 0 Å². The Labute approximate surface area is 177 Å². The zero-order valence-electron chi connectivity index (χ0n) is 18.0. The largest absolute Gasteiger partial charge is 0.497 e. The molecule has 0 spiro atoms. The van der Waals surface area contributed by atoms with Gasteiger partial charge in [-0.15, -0.1) is 0 Å². The number of benzene rings is 1. The van der Waals surface area contributed by atoms with E-state index in [1.54, 1.807) is 12.0 Å². The lowest BCUT2D eigenvalue weighted by molar-refractivity contribution is -0.135. The molecule has 7 nitrogen and oxygen atoms in total. The molecule has 0 saturated carbocycles. The van der Waals surface area contributed by atoms with Crippen LogP contribution in [0.2, 0.25) is 0 Å². The van der Waals surface area contributed by atoms with Crippen molar-refractivity contribution < 1.29 is 14.3 Å². The molecule has 2 aromatic rings. The fourth-order valence-electron chi connectivity index (χ4n) is 4.25. The smallest absolute Gasteiger partial charge is 0.233 e. The second-order valence-electron chi connectivity index (χ2n) is 8.32. The number of carbonyl (C=O) groups excluding carboxylic acids is 2. The van der Waals surface area contributed by atoms with Crippen LogP contribution in [0.5, 0.6) is 5.75 Å². The number of likely N-dealkylation sites (tertiary alicyclic amines) is 1. The van der Waals surface area contributed by atoms with E-state index in [1.807, 2.05) is 49.9 Å². The van der Waals surface area contributed by atoms with Crippen molar-refractivity contribution in [2.24, 2.45) is 5.92 Å². The van der Waals surface area contributed by atoms with Crippen LogP contribution >= 0.6 is 0 Å². The summed E-state index contributed by atoms with van der Waals surface area (Å²) in [6.07, 6.45) is 2.11. The summed E-state index contributed by atoms with van der Waals surface area (Å²) in [5.74, 6) is 2.20. The summed E-state index contributed by atoms with van der Waals surface area (Å²) in [5, 5.41) is 0. The lowest BCUT2D eigenvalue weighted by Gasteiger charge is -2.26. The minimum atomic E-state index is -0.123. The second kappa shape index (κ2) is 8.05. The second-order valence-corrected chi connectivity index (χ2v) is 8.32. The molecule has 0 bridgehead atoms. The van der Waals surface area contributed by atoms with Crippen LogP contribution in [0.3, 0.4) is 0 Å². The summed E-state index contributed by atoms with van der Waals surface area (Å²) in [7, 11) is 1.63. The van der Waals surface area contributed by atoms with Crippen molar-refractivity contribution >= 4 is 17.6 Å². The van der Waals surface area contributed by atoms with Crippen molar-refractivity contribution in [1.29, 1.82) is 0 Å². The predicted molar refractivity (Wildman–Crippen MR) is 113 cm³/mol. The van der Waals surface area contributed by atoms with E-state index in [4.69, 9.17) is 14.7 Å². The van der Waals surface area contributed by atoms with Crippen LogP contribution < -0.4 is 9.64 Å². The van der Waals surface area contributed by atoms with Crippen LogP contribution in [0, 0.1) is 12.8 Å². The zero-order valence-corrected chi connectivity index (χ0v) is 18.0. The Morgan fingerprint density at radius 2 is 1.97 bits per heavy atom. The Bertz CT molecular complexity index is 971. The fourth-order valence-corrected chi connectivity index (χ4v) is 4.25. The minimum absolute atomic E-state index is 0.0249. The first kappa shape index (κ1) is 20.3. The third-order valence-corrected chi connectivity index (χ3v) is 5.92. The van der Waals surface area contributed by atoms with Gasteiger partial charge in [-0.2, -0.15) is 0 Å². The maximum Gasteiger partial charge on any atom is 0.233 e. The van der Waals surface area contributed by atoms with Crippen LogP contribution in [-0.4, -0.2) is 40.3 Å². The topological polar surface area (TPSA) is 75.6 Å². The van der Waals surface area contributed by atoms with Crippen molar-refractivity contribution in [2.75, 3.05) is 18.6 Å². The highest BCUT2D eigenvalue weighted by Crippen LogP contribution is 2.36. The molecule has 0 N–H and O–H groups in total. The number of methoxy groups -OCH3 is 1. The summed E-state index contributed by atoms with van der Waals surface area (Å²) < 4.78 is 5.22. The van der Waals surface area contributed by atoms with Crippen LogP contribution in [0.4, 0.5) is 5.82 Å². The molecule has 2 aliphatic rings. The van der Waals surface area contributed by atoms with Crippen LogP contribution in [0.25, 0.3) is 0 Å². The standard InChI is InChI=1S/C23H28N4O3/c1-14(2)23(29)26-11-5-6-19(26)21-24-15(3)18-12-20(28)27(22(18)25-21)13-16-7-9-17(30-4)10-8-16/h7-10,14,19H,5-6,11-13H2,1-4H3/t19-/m0/s1. The molecule has 2 amide bonds. The Morgan fingerprint density at radius 1 is 1.23 bits per heavy atom. The Morgan fingerprint density at radius 3 is 2.63 bits per heavy atom. The summed E-state index contributed by atoms with van der Waals surface area (Å²) in [5.41, 5.74) is 2.72. The van der Waals surface area contributed by atoms with E-state index in [-0.39, 0.29) is 23.8 Å². The Hall–Kier alpha value is -2.96. The van der Waals surface area contributed by atoms with E-state index in [0.29, 0.717) is 24.6 Å². The van der Waals surface area contributed by atoms with Gasteiger partial charge in [0.1, 0.15) is 11.6 Å². The molecule has 1 aromatic heterocycles. The van der Waals surface area contributed by atoms with Gasteiger partial charge < -0.3 is 9.64 Å². The van der Waals surface area contributed by atoms with Crippen LogP contribution in [0.15, 0.2) is 24.3 Å². The third-order valence-electron chi connectivity index (χ3n) is 5.92. The van der Waals surface area contributed by atoms with E-state index in [2.05, 4.69) is 0 Å². The number of hydrogen-bond acceptors (Lipinski definition) is 5. The van der Waals surface area contributed by atoms with E-state index in [1.165, 1.54) is 0 Å². The fraction of sp³-hybridized carbons (Fsp3) is 0.478. The highest BCUT2D eigenvalue weighted by atomic mass is 16.5. The maximum absolute atomic E-state index is 12.8. The molecular weight excluding hydrogens is 380 g/mol. The van der Waals surface area contributed by atoms with Crippen molar-refractivity contribution in [1.82, 2.24) is 14.9 Å². The highest BCUT2D eigenvalue weighted by molar-refractivity contribution is 6.00. The average Bonchev–Trinajstić information content (AvgIpc) is 3.34. The molecule has 3 heterocycles. The van der Waals surface area contributed by atoms with Gasteiger partial charge in [0.25, 0.3) is 0 Å². The average molecular weight is 409 g/mol. The number of nitrogens with zero attached hydrogens (tertiary/aromatic N) is 4. The summed E-state index contributed by atoms with van der Waals surface area (Å²) in [6, 6.07) is 7.57. The number of fused-ring (bicyclic) bond motifs is 1. The van der Waals surface area contributed by atoms with Gasteiger partial charge in [0.2, 0.25) is 11.8 Å². The molecule has 158 valence electrons. The Kier molecular flexibility index (Phi) is 5.45. The number of aryl methyl sites for hydroxylation is 1. The lowest BCUT2D eigenvalue weighted by atomic mass is 10.1. The van der Waals surface area contributed by atoms with E-state index in [9.17, 15) is 9.59 Å². The zero-order chi connectivity index (χ0) is 21.4. The Balaban J connectivity index is 1.65. The molecule has 7 heteroatoms. The molecule has 0 unspecified atom stereocenters. The summed E-state index contributed by atoms with van der Waals surface area (Å²) in [6.45, 7) is 6.95. The highest BCUT2D eigenvalue weighted by Gasteiger charge is 2.36. The number of aromatic nitrogens is 2. The van der Waals surface area contributed by atoms with E-state index in [0.717, 1.165) is 42.0 Å². The molecule has 1 atom stereocenters. The van der Waals surface area contributed by atoms with Crippen molar-refractivity contribution in [3.8, 4) is 5.75 Å². The monoisotopic (exact) mass is 408 g/mol. The molecule has 2 aliphatic heterocycles. The molecule has 30 heavy (non-hydrogen) atoms. The number of anilines is 1. The minimum Gasteiger partial charge on any atom is -0.497 e. The molecular formula is C23H28N4O3. The van der Waals surface area contributed by atoms with Gasteiger partial charge in [0, 0.05) is 23.7 Å².